The first-order valence-electron chi connectivity index (χ1n) is 5.13. The van der Waals surface area contributed by atoms with Crippen LogP contribution in [-0.4, -0.2) is 20.9 Å². The van der Waals surface area contributed by atoms with Crippen LogP contribution in [-0.2, 0) is 6.54 Å². The third-order valence-electron chi connectivity index (χ3n) is 2.08. The second kappa shape index (κ2) is 5.01. The minimum absolute atomic E-state index is 0.231. The normalized spacial score (nSPS) is 10.2. The Labute approximate surface area is 103 Å². The molecule has 88 valence electrons. The molecule has 0 radical (unpaired) electrons. The van der Waals surface area contributed by atoms with Gasteiger partial charge in [-0.25, -0.2) is 9.97 Å². The van der Waals surface area contributed by atoms with E-state index in [4.69, 9.17) is 0 Å². The highest BCUT2D eigenvalue weighted by atomic mass is 32.1. The Balaban J connectivity index is 1.95. The van der Waals surface area contributed by atoms with E-state index < -0.39 is 0 Å². The van der Waals surface area contributed by atoms with Crippen LogP contribution in [0.3, 0.4) is 0 Å². The maximum absolute atomic E-state index is 11.7. The number of carbonyl (C=O) groups is 1. The lowest BCUT2D eigenvalue weighted by Crippen LogP contribution is -2.23. The summed E-state index contributed by atoms with van der Waals surface area (Å²) in [5.74, 6) is -0.231. The zero-order valence-electron chi connectivity index (χ0n) is 9.60. The Morgan fingerprint density at radius 2 is 2.12 bits per heavy atom. The number of amides is 1. The van der Waals surface area contributed by atoms with Crippen molar-refractivity contribution in [2.75, 3.05) is 0 Å². The lowest BCUT2D eigenvalue weighted by Gasteiger charge is -2.01. The number of aryl methyl sites for hydroxylation is 2. The standard InChI is InChI=1S/C11H12N4OS/c1-7-3-13-9(4-12-7)11(16)14-5-10-15-8(2)6-17-10/h3-4,6H,5H2,1-2H3,(H,14,16). The highest BCUT2D eigenvalue weighted by Gasteiger charge is 2.08. The van der Waals surface area contributed by atoms with Crippen molar-refractivity contribution >= 4 is 17.2 Å². The molecule has 17 heavy (non-hydrogen) atoms. The molecule has 0 saturated heterocycles. The summed E-state index contributed by atoms with van der Waals surface area (Å²) in [6, 6.07) is 0. The summed E-state index contributed by atoms with van der Waals surface area (Å²) in [6.45, 7) is 4.17. The van der Waals surface area contributed by atoms with Crippen LogP contribution in [0.25, 0.3) is 0 Å². The fourth-order valence-electron chi connectivity index (χ4n) is 1.24. The maximum atomic E-state index is 11.7. The van der Waals surface area contributed by atoms with E-state index in [1.54, 1.807) is 6.20 Å². The van der Waals surface area contributed by atoms with Crippen LogP contribution >= 0.6 is 11.3 Å². The van der Waals surface area contributed by atoms with Crippen LogP contribution in [0.5, 0.6) is 0 Å². The highest BCUT2D eigenvalue weighted by molar-refractivity contribution is 7.09. The molecular formula is C11H12N4OS. The Morgan fingerprint density at radius 3 is 2.71 bits per heavy atom. The molecule has 2 heterocycles. The summed E-state index contributed by atoms with van der Waals surface area (Å²) in [7, 11) is 0. The monoisotopic (exact) mass is 248 g/mol. The number of nitrogens with one attached hydrogen (secondary N) is 1. The lowest BCUT2D eigenvalue weighted by molar-refractivity contribution is 0.0945. The SMILES string of the molecule is Cc1cnc(C(=O)NCc2nc(C)cs2)cn1. The Kier molecular flexibility index (Phi) is 3.43. The minimum Gasteiger partial charge on any atom is -0.344 e. The first kappa shape index (κ1) is 11.7. The van der Waals surface area contributed by atoms with Crippen LogP contribution in [0.4, 0.5) is 0 Å². The molecular weight excluding hydrogens is 236 g/mol. The summed E-state index contributed by atoms with van der Waals surface area (Å²) in [4.78, 5) is 24.0. The Bertz CT molecular complexity index is 521. The van der Waals surface area contributed by atoms with Gasteiger partial charge in [-0.3, -0.25) is 9.78 Å². The average molecular weight is 248 g/mol. The third-order valence-corrected chi connectivity index (χ3v) is 3.05. The van der Waals surface area contributed by atoms with Crippen LogP contribution in [0.1, 0.15) is 26.9 Å². The quantitative estimate of drug-likeness (QED) is 0.893. The van der Waals surface area contributed by atoms with Crippen molar-refractivity contribution in [3.8, 4) is 0 Å². The fourth-order valence-corrected chi connectivity index (χ4v) is 1.95. The molecule has 0 bridgehead atoms. The Hall–Kier alpha value is -1.82. The smallest absolute Gasteiger partial charge is 0.271 e. The maximum Gasteiger partial charge on any atom is 0.271 e. The predicted molar refractivity (Wildman–Crippen MR) is 64.8 cm³/mol. The van der Waals surface area contributed by atoms with Gasteiger partial charge in [0.05, 0.1) is 18.4 Å². The molecule has 5 nitrogen and oxygen atoms in total. The average Bonchev–Trinajstić information content (AvgIpc) is 2.73. The molecule has 0 atom stereocenters. The largest absolute Gasteiger partial charge is 0.344 e. The number of hydrogen-bond acceptors (Lipinski definition) is 5. The van der Waals surface area contributed by atoms with Gasteiger partial charge in [-0.1, -0.05) is 0 Å². The van der Waals surface area contributed by atoms with E-state index in [1.807, 2.05) is 19.2 Å². The lowest BCUT2D eigenvalue weighted by atomic mass is 10.4. The van der Waals surface area contributed by atoms with Crippen LogP contribution in [0.2, 0.25) is 0 Å². The fraction of sp³-hybridized carbons (Fsp3) is 0.273. The molecule has 0 aromatic carbocycles. The van der Waals surface area contributed by atoms with Crippen molar-refractivity contribution in [3.05, 3.63) is 39.9 Å². The first-order chi connectivity index (χ1) is 8.15. The summed E-state index contributed by atoms with van der Waals surface area (Å²) in [6.07, 6.45) is 3.04. The van der Waals surface area contributed by atoms with E-state index in [1.165, 1.54) is 17.5 Å². The van der Waals surface area contributed by atoms with E-state index in [2.05, 4.69) is 20.3 Å². The molecule has 0 aliphatic heterocycles. The zero-order chi connectivity index (χ0) is 12.3. The number of aromatic nitrogens is 3. The van der Waals surface area contributed by atoms with Crippen molar-refractivity contribution in [1.29, 1.82) is 0 Å². The molecule has 6 heteroatoms. The summed E-state index contributed by atoms with van der Waals surface area (Å²) in [5, 5.41) is 5.59. The number of hydrogen-bond donors (Lipinski definition) is 1. The molecule has 0 unspecified atom stereocenters. The molecule has 0 saturated carbocycles. The third kappa shape index (κ3) is 3.07. The molecule has 0 fully saturated rings. The van der Waals surface area contributed by atoms with Crippen LogP contribution in [0.15, 0.2) is 17.8 Å². The van der Waals surface area contributed by atoms with Crippen LogP contribution in [0, 0.1) is 13.8 Å². The topological polar surface area (TPSA) is 67.8 Å². The molecule has 0 aliphatic carbocycles. The van der Waals surface area contributed by atoms with Gasteiger partial charge in [0.1, 0.15) is 10.7 Å². The summed E-state index contributed by atoms with van der Waals surface area (Å²) >= 11 is 1.53. The first-order valence-corrected chi connectivity index (χ1v) is 6.01. The van der Waals surface area contributed by atoms with Gasteiger partial charge < -0.3 is 5.32 Å². The van der Waals surface area contributed by atoms with E-state index in [9.17, 15) is 4.79 Å². The molecule has 2 rings (SSSR count). The van der Waals surface area contributed by atoms with E-state index >= 15 is 0 Å². The Morgan fingerprint density at radius 1 is 1.29 bits per heavy atom. The van der Waals surface area contributed by atoms with Crippen LogP contribution < -0.4 is 5.32 Å². The molecule has 0 aliphatic rings. The van der Waals surface area contributed by atoms with Crippen molar-refractivity contribution < 1.29 is 4.79 Å². The summed E-state index contributed by atoms with van der Waals surface area (Å²) < 4.78 is 0. The van der Waals surface area contributed by atoms with E-state index in [-0.39, 0.29) is 5.91 Å². The van der Waals surface area contributed by atoms with Crippen molar-refractivity contribution in [3.63, 3.8) is 0 Å². The molecule has 2 aromatic heterocycles. The molecule has 2 aromatic rings. The summed E-state index contributed by atoms with van der Waals surface area (Å²) in [5.41, 5.74) is 2.08. The molecule has 0 spiro atoms. The van der Waals surface area contributed by atoms with Crippen molar-refractivity contribution in [2.45, 2.75) is 20.4 Å². The van der Waals surface area contributed by atoms with Gasteiger partial charge in [0.15, 0.2) is 0 Å². The van der Waals surface area contributed by atoms with Gasteiger partial charge in [-0.15, -0.1) is 11.3 Å². The zero-order valence-corrected chi connectivity index (χ0v) is 10.4. The number of thiazole rings is 1. The second-order valence-corrected chi connectivity index (χ2v) is 4.55. The van der Waals surface area contributed by atoms with E-state index in [0.29, 0.717) is 12.2 Å². The second-order valence-electron chi connectivity index (χ2n) is 3.61. The number of rotatable bonds is 3. The number of carbonyl (C=O) groups excluding carboxylic acids is 1. The van der Waals surface area contributed by atoms with Gasteiger partial charge >= 0.3 is 0 Å². The highest BCUT2D eigenvalue weighted by Crippen LogP contribution is 2.08. The minimum atomic E-state index is -0.231. The predicted octanol–water partition coefficient (Wildman–Crippen LogP) is 1.48. The molecule has 1 N–H and O–H groups in total. The van der Waals surface area contributed by atoms with Gasteiger partial charge in [0.25, 0.3) is 5.91 Å². The van der Waals surface area contributed by atoms with Gasteiger partial charge in [-0.2, -0.15) is 0 Å². The van der Waals surface area contributed by atoms with Gasteiger partial charge in [-0.05, 0) is 13.8 Å². The van der Waals surface area contributed by atoms with E-state index in [0.717, 1.165) is 16.4 Å². The van der Waals surface area contributed by atoms with Crippen molar-refractivity contribution in [1.82, 2.24) is 20.3 Å². The van der Waals surface area contributed by atoms with Gasteiger partial charge in [0, 0.05) is 17.3 Å². The van der Waals surface area contributed by atoms with Crippen molar-refractivity contribution in [2.24, 2.45) is 0 Å². The van der Waals surface area contributed by atoms with Gasteiger partial charge in [0.2, 0.25) is 0 Å². The molecule has 1 amide bonds. The number of nitrogens with zero attached hydrogens (tertiary/aromatic N) is 3.